The highest BCUT2D eigenvalue weighted by atomic mass is 16.7. The van der Waals surface area contributed by atoms with Crippen molar-refractivity contribution in [3.05, 3.63) is 47.5 Å². The number of rotatable bonds is 14. The summed E-state index contributed by atoms with van der Waals surface area (Å²) in [6.07, 6.45) is 6.33. The van der Waals surface area contributed by atoms with E-state index in [-0.39, 0.29) is 12.6 Å². The quantitative estimate of drug-likeness (QED) is 0.197. The summed E-state index contributed by atoms with van der Waals surface area (Å²) in [5, 5.41) is 0. The molecule has 1 aliphatic heterocycles. The molecule has 196 valence electrons. The van der Waals surface area contributed by atoms with Crippen LogP contribution < -0.4 is 0 Å². The number of ether oxygens (including phenoxy) is 5. The molecule has 0 bridgehead atoms. The number of carbonyl (C=O) groups is 2. The molecule has 1 saturated heterocycles. The Kier molecular flexibility index (Phi) is 11.9. The molecule has 2 rings (SSSR count). The smallest absolute Gasteiger partial charge is 0.330 e. The first-order chi connectivity index (χ1) is 16.8. The summed E-state index contributed by atoms with van der Waals surface area (Å²) in [5.41, 5.74) is 0.940. The first-order valence-corrected chi connectivity index (χ1v) is 12.6. The van der Waals surface area contributed by atoms with Crippen LogP contribution in [-0.2, 0) is 39.9 Å². The van der Waals surface area contributed by atoms with Gasteiger partial charge in [0.2, 0.25) is 5.79 Å². The number of carbonyl (C=O) groups excluding carboxylic acids is 2. The van der Waals surface area contributed by atoms with E-state index in [1.54, 1.807) is 0 Å². The van der Waals surface area contributed by atoms with Crippen molar-refractivity contribution in [1.29, 1.82) is 0 Å². The van der Waals surface area contributed by atoms with E-state index >= 15 is 0 Å². The van der Waals surface area contributed by atoms with Crippen LogP contribution in [-0.4, -0.2) is 51.3 Å². The van der Waals surface area contributed by atoms with Gasteiger partial charge < -0.3 is 23.7 Å². The summed E-state index contributed by atoms with van der Waals surface area (Å²) >= 11 is 0. The molecule has 7 nitrogen and oxygen atoms in total. The molecule has 1 unspecified atom stereocenters. The van der Waals surface area contributed by atoms with Crippen molar-refractivity contribution in [3.8, 4) is 0 Å². The molecule has 0 aromatic heterocycles. The number of benzene rings is 1. The SMILES string of the molecule is CCCCCCCC(=O)O[C@H]1/C(=C/C(=O)OC)CCOC1(OC)C(C)(C)COCc1ccccc1. The Morgan fingerprint density at radius 1 is 1.11 bits per heavy atom. The van der Waals surface area contributed by atoms with Crippen molar-refractivity contribution < 1.29 is 33.3 Å². The Labute approximate surface area is 210 Å². The van der Waals surface area contributed by atoms with E-state index in [2.05, 4.69) is 6.92 Å². The molecule has 0 spiro atoms. The van der Waals surface area contributed by atoms with Crippen molar-refractivity contribution in [2.75, 3.05) is 27.4 Å². The van der Waals surface area contributed by atoms with Crippen LogP contribution in [0.1, 0.15) is 71.3 Å². The minimum atomic E-state index is -1.33. The van der Waals surface area contributed by atoms with Gasteiger partial charge in [-0.3, -0.25) is 4.79 Å². The lowest BCUT2D eigenvalue weighted by Crippen LogP contribution is -2.62. The van der Waals surface area contributed by atoms with Crippen LogP contribution >= 0.6 is 0 Å². The van der Waals surface area contributed by atoms with Gasteiger partial charge in [0.25, 0.3) is 0 Å². The minimum absolute atomic E-state index is 0.284. The molecule has 35 heavy (non-hydrogen) atoms. The highest BCUT2D eigenvalue weighted by Crippen LogP contribution is 2.45. The fourth-order valence-corrected chi connectivity index (χ4v) is 4.44. The first kappa shape index (κ1) is 29.0. The van der Waals surface area contributed by atoms with Crippen LogP contribution in [0.5, 0.6) is 0 Å². The predicted octanol–water partition coefficient (Wildman–Crippen LogP) is 5.36. The lowest BCUT2D eigenvalue weighted by Gasteiger charge is -2.51. The fraction of sp³-hybridized carbons (Fsp3) is 0.643. The number of methoxy groups -OCH3 is 2. The summed E-state index contributed by atoms with van der Waals surface area (Å²) in [7, 11) is 2.85. The summed E-state index contributed by atoms with van der Waals surface area (Å²) in [4.78, 5) is 25.0. The van der Waals surface area contributed by atoms with Gasteiger partial charge in [-0.15, -0.1) is 0 Å². The van der Waals surface area contributed by atoms with Gasteiger partial charge in [0.05, 0.1) is 26.9 Å². The standard InChI is InChI=1S/C28H42O7/c1-6-7-8-9-13-16-24(29)35-26-23(19-25(30)31-4)17-18-34-28(26,32-5)27(2,3)21-33-20-22-14-11-10-12-15-22/h10-12,14-15,19,26H,6-9,13,16-18,20-21H2,1-5H3/b23-19+/t26-,28?/m0/s1. The summed E-state index contributed by atoms with van der Waals surface area (Å²) in [5.74, 6) is -2.18. The van der Waals surface area contributed by atoms with E-state index < -0.39 is 23.3 Å². The Morgan fingerprint density at radius 3 is 2.49 bits per heavy atom. The summed E-state index contributed by atoms with van der Waals surface area (Å²) < 4.78 is 29.1. The normalized spacial score (nSPS) is 21.6. The minimum Gasteiger partial charge on any atom is -0.466 e. The van der Waals surface area contributed by atoms with E-state index in [9.17, 15) is 9.59 Å². The van der Waals surface area contributed by atoms with Crippen LogP contribution in [0.3, 0.4) is 0 Å². The molecule has 1 heterocycles. The molecule has 2 atom stereocenters. The van der Waals surface area contributed by atoms with Crippen LogP contribution in [0.4, 0.5) is 0 Å². The molecule has 1 aromatic carbocycles. The third-order valence-electron chi connectivity index (χ3n) is 6.45. The molecule has 0 saturated carbocycles. The van der Waals surface area contributed by atoms with E-state index in [1.807, 2.05) is 44.2 Å². The van der Waals surface area contributed by atoms with Gasteiger partial charge in [0.15, 0.2) is 6.10 Å². The zero-order chi connectivity index (χ0) is 25.7. The summed E-state index contributed by atoms with van der Waals surface area (Å²) in [6.45, 7) is 7.08. The van der Waals surface area contributed by atoms with Gasteiger partial charge >= 0.3 is 11.9 Å². The molecule has 0 aliphatic carbocycles. The molecular weight excluding hydrogens is 448 g/mol. The van der Waals surface area contributed by atoms with Gasteiger partial charge in [-0.1, -0.05) is 76.8 Å². The maximum Gasteiger partial charge on any atom is 0.330 e. The molecular formula is C28H42O7. The second kappa shape index (κ2) is 14.4. The van der Waals surface area contributed by atoms with Gasteiger partial charge in [-0.2, -0.15) is 0 Å². The van der Waals surface area contributed by atoms with Crippen molar-refractivity contribution in [1.82, 2.24) is 0 Å². The molecule has 0 radical (unpaired) electrons. The molecule has 1 aromatic rings. The maximum atomic E-state index is 12.9. The zero-order valence-electron chi connectivity index (χ0n) is 22.0. The Balaban J connectivity index is 2.22. The fourth-order valence-electron chi connectivity index (χ4n) is 4.44. The number of unbranched alkanes of at least 4 members (excludes halogenated alkanes) is 4. The topological polar surface area (TPSA) is 80.3 Å². The van der Waals surface area contributed by atoms with E-state index in [1.165, 1.54) is 20.3 Å². The molecule has 0 amide bonds. The number of hydrogen-bond acceptors (Lipinski definition) is 7. The molecule has 0 N–H and O–H groups in total. The van der Waals surface area contributed by atoms with E-state index in [0.717, 1.165) is 37.7 Å². The lowest BCUT2D eigenvalue weighted by molar-refractivity contribution is -0.334. The second-order valence-corrected chi connectivity index (χ2v) is 9.61. The number of hydrogen-bond donors (Lipinski definition) is 0. The van der Waals surface area contributed by atoms with Crippen LogP contribution in [0, 0.1) is 5.41 Å². The van der Waals surface area contributed by atoms with Crippen molar-refractivity contribution in [3.63, 3.8) is 0 Å². The first-order valence-electron chi connectivity index (χ1n) is 12.6. The molecule has 1 fully saturated rings. The van der Waals surface area contributed by atoms with Crippen LogP contribution in [0.15, 0.2) is 42.0 Å². The van der Waals surface area contributed by atoms with E-state index in [0.29, 0.717) is 31.6 Å². The van der Waals surface area contributed by atoms with Gasteiger partial charge in [-0.25, -0.2) is 4.79 Å². The third-order valence-corrected chi connectivity index (χ3v) is 6.45. The molecule has 7 heteroatoms. The predicted molar refractivity (Wildman–Crippen MR) is 134 cm³/mol. The Bertz CT molecular complexity index is 818. The maximum absolute atomic E-state index is 12.9. The largest absolute Gasteiger partial charge is 0.466 e. The highest BCUT2D eigenvalue weighted by Gasteiger charge is 2.58. The summed E-state index contributed by atoms with van der Waals surface area (Å²) in [6, 6.07) is 9.89. The highest BCUT2D eigenvalue weighted by molar-refractivity contribution is 5.83. The Morgan fingerprint density at radius 2 is 1.83 bits per heavy atom. The van der Waals surface area contributed by atoms with Crippen molar-refractivity contribution in [2.45, 2.75) is 84.2 Å². The van der Waals surface area contributed by atoms with Gasteiger partial charge in [0.1, 0.15) is 0 Å². The average molecular weight is 491 g/mol. The number of esters is 2. The lowest BCUT2D eigenvalue weighted by atomic mass is 9.76. The van der Waals surface area contributed by atoms with E-state index in [4.69, 9.17) is 23.7 Å². The van der Waals surface area contributed by atoms with Crippen LogP contribution in [0.2, 0.25) is 0 Å². The third kappa shape index (κ3) is 8.16. The van der Waals surface area contributed by atoms with Gasteiger partial charge in [0, 0.05) is 25.0 Å². The zero-order valence-corrected chi connectivity index (χ0v) is 22.0. The van der Waals surface area contributed by atoms with Crippen LogP contribution in [0.25, 0.3) is 0 Å². The Hall–Kier alpha value is -2.22. The van der Waals surface area contributed by atoms with Crippen molar-refractivity contribution >= 4 is 11.9 Å². The monoisotopic (exact) mass is 490 g/mol. The molecule has 1 aliphatic rings. The average Bonchev–Trinajstić information content (AvgIpc) is 2.85. The van der Waals surface area contributed by atoms with Gasteiger partial charge in [-0.05, 0) is 24.0 Å². The van der Waals surface area contributed by atoms with Crippen molar-refractivity contribution in [2.24, 2.45) is 5.41 Å². The second-order valence-electron chi connectivity index (χ2n) is 9.61.